The fourth-order valence-corrected chi connectivity index (χ4v) is 1.30. The minimum Gasteiger partial charge on any atom is -0.394 e. The van der Waals surface area contributed by atoms with Crippen LogP contribution in [0, 0.1) is 0 Å². The third kappa shape index (κ3) is 1.48. The number of hydrogen-bond acceptors (Lipinski definition) is 3. The van der Waals surface area contributed by atoms with E-state index in [4.69, 9.17) is 14.6 Å². The Balaban J connectivity index is 2.36. The third-order valence-electron chi connectivity index (χ3n) is 1.93. The Morgan fingerprint density at radius 1 is 1.70 bits per heavy atom. The molecular weight excluding hydrogens is 132 g/mol. The average Bonchev–Trinajstić information content (AvgIpc) is 2.30. The lowest BCUT2D eigenvalue weighted by Gasteiger charge is -2.10. The molecule has 1 rings (SSSR count). The highest BCUT2D eigenvalue weighted by molar-refractivity contribution is 4.79. The van der Waals surface area contributed by atoms with Crippen molar-refractivity contribution in [2.75, 3.05) is 13.7 Å². The van der Waals surface area contributed by atoms with Gasteiger partial charge in [0.1, 0.15) is 0 Å². The summed E-state index contributed by atoms with van der Waals surface area (Å²) >= 11 is 0. The summed E-state index contributed by atoms with van der Waals surface area (Å²) in [5, 5.41) is 8.72. The van der Waals surface area contributed by atoms with Crippen LogP contribution in [0.15, 0.2) is 0 Å². The number of ether oxygens (including phenoxy) is 2. The average molecular weight is 146 g/mol. The van der Waals surface area contributed by atoms with Gasteiger partial charge in [-0.15, -0.1) is 0 Å². The van der Waals surface area contributed by atoms with Crippen molar-refractivity contribution in [3.8, 4) is 0 Å². The van der Waals surface area contributed by atoms with Gasteiger partial charge in [-0.25, -0.2) is 0 Å². The van der Waals surface area contributed by atoms with Crippen molar-refractivity contribution < 1.29 is 14.6 Å². The Kier molecular flexibility index (Phi) is 2.65. The van der Waals surface area contributed by atoms with Crippen LogP contribution in [0.4, 0.5) is 0 Å². The van der Waals surface area contributed by atoms with Crippen molar-refractivity contribution in [2.45, 2.75) is 31.7 Å². The van der Waals surface area contributed by atoms with E-state index < -0.39 is 0 Å². The van der Waals surface area contributed by atoms with Gasteiger partial charge in [-0.1, -0.05) is 0 Å². The summed E-state index contributed by atoms with van der Waals surface area (Å²) in [5.41, 5.74) is 0. The van der Waals surface area contributed by atoms with E-state index in [1.54, 1.807) is 7.11 Å². The molecule has 0 amide bonds. The molecule has 3 nitrogen and oxygen atoms in total. The van der Waals surface area contributed by atoms with Gasteiger partial charge in [-0.3, -0.25) is 0 Å². The Morgan fingerprint density at radius 3 is 2.70 bits per heavy atom. The number of hydrogen-bond donors (Lipinski definition) is 1. The lowest BCUT2D eigenvalue weighted by atomic mass is 10.1. The van der Waals surface area contributed by atoms with Crippen LogP contribution in [-0.4, -0.2) is 37.1 Å². The maximum absolute atomic E-state index is 8.72. The third-order valence-corrected chi connectivity index (χ3v) is 1.93. The van der Waals surface area contributed by atoms with Gasteiger partial charge in [-0.2, -0.15) is 0 Å². The maximum atomic E-state index is 8.72. The molecule has 0 bridgehead atoms. The van der Waals surface area contributed by atoms with Crippen LogP contribution in [0.3, 0.4) is 0 Å². The van der Waals surface area contributed by atoms with E-state index in [1.807, 2.05) is 6.92 Å². The summed E-state index contributed by atoms with van der Waals surface area (Å²) in [7, 11) is 1.67. The largest absolute Gasteiger partial charge is 0.394 e. The van der Waals surface area contributed by atoms with Crippen LogP contribution in [0.1, 0.15) is 13.3 Å². The molecule has 60 valence electrons. The predicted molar refractivity (Wildman–Crippen MR) is 36.8 cm³/mol. The van der Waals surface area contributed by atoms with Crippen molar-refractivity contribution >= 4 is 0 Å². The van der Waals surface area contributed by atoms with Crippen molar-refractivity contribution in [1.29, 1.82) is 0 Å². The summed E-state index contributed by atoms with van der Waals surface area (Å²) in [6.45, 7) is 2.06. The highest BCUT2D eigenvalue weighted by Gasteiger charge is 2.31. The molecule has 1 aliphatic rings. The second-order valence-corrected chi connectivity index (χ2v) is 2.66. The first-order valence-electron chi connectivity index (χ1n) is 3.57. The number of aliphatic hydroxyl groups is 1. The minimum absolute atomic E-state index is 0.0139. The topological polar surface area (TPSA) is 38.7 Å². The van der Waals surface area contributed by atoms with E-state index in [1.165, 1.54) is 0 Å². The van der Waals surface area contributed by atoms with Gasteiger partial charge in [-0.05, 0) is 6.92 Å². The second-order valence-electron chi connectivity index (χ2n) is 2.66. The SMILES string of the molecule is COC1CC(CO)OC1C. The van der Waals surface area contributed by atoms with E-state index in [0.29, 0.717) is 0 Å². The number of aliphatic hydroxyl groups excluding tert-OH is 1. The van der Waals surface area contributed by atoms with Crippen LogP contribution in [-0.2, 0) is 9.47 Å². The molecular formula is C7H14O3. The molecule has 0 aromatic heterocycles. The Hall–Kier alpha value is -0.120. The number of rotatable bonds is 2. The van der Waals surface area contributed by atoms with E-state index in [-0.39, 0.29) is 24.9 Å². The lowest BCUT2D eigenvalue weighted by Crippen LogP contribution is -2.18. The molecule has 0 saturated carbocycles. The molecule has 0 radical (unpaired) electrons. The van der Waals surface area contributed by atoms with Gasteiger partial charge >= 0.3 is 0 Å². The maximum Gasteiger partial charge on any atom is 0.0855 e. The minimum atomic E-state index is -0.0139. The Labute approximate surface area is 60.9 Å². The van der Waals surface area contributed by atoms with E-state index in [2.05, 4.69) is 0 Å². The van der Waals surface area contributed by atoms with Crippen LogP contribution in [0.2, 0.25) is 0 Å². The van der Waals surface area contributed by atoms with E-state index in [0.717, 1.165) is 6.42 Å². The van der Waals surface area contributed by atoms with Crippen LogP contribution >= 0.6 is 0 Å². The first kappa shape index (κ1) is 7.98. The Morgan fingerprint density at radius 2 is 2.40 bits per heavy atom. The van der Waals surface area contributed by atoms with Gasteiger partial charge in [0.2, 0.25) is 0 Å². The van der Waals surface area contributed by atoms with Gasteiger partial charge in [0.15, 0.2) is 0 Å². The normalized spacial score (nSPS) is 40.5. The lowest BCUT2D eigenvalue weighted by molar-refractivity contribution is -0.00929. The summed E-state index contributed by atoms with van der Waals surface area (Å²) < 4.78 is 10.5. The van der Waals surface area contributed by atoms with Crippen molar-refractivity contribution in [3.63, 3.8) is 0 Å². The first-order chi connectivity index (χ1) is 4.77. The van der Waals surface area contributed by atoms with Gasteiger partial charge in [0, 0.05) is 13.5 Å². The summed E-state index contributed by atoms with van der Waals surface area (Å²) in [5.74, 6) is 0. The quantitative estimate of drug-likeness (QED) is 0.603. The molecule has 0 aromatic rings. The molecule has 1 aliphatic heterocycles. The molecule has 10 heavy (non-hydrogen) atoms. The zero-order valence-corrected chi connectivity index (χ0v) is 6.41. The smallest absolute Gasteiger partial charge is 0.0855 e. The fraction of sp³-hybridized carbons (Fsp3) is 1.00. The van der Waals surface area contributed by atoms with E-state index >= 15 is 0 Å². The van der Waals surface area contributed by atoms with Crippen LogP contribution in [0.25, 0.3) is 0 Å². The fourth-order valence-electron chi connectivity index (χ4n) is 1.30. The molecule has 0 aromatic carbocycles. The van der Waals surface area contributed by atoms with Crippen molar-refractivity contribution in [2.24, 2.45) is 0 Å². The summed E-state index contributed by atoms with van der Waals surface area (Å²) in [6.07, 6.45) is 1.09. The highest BCUT2D eigenvalue weighted by atomic mass is 16.6. The summed E-state index contributed by atoms with van der Waals surface area (Å²) in [4.78, 5) is 0. The summed E-state index contributed by atoms with van der Waals surface area (Å²) in [6, 6.07) is 0. The molecule has 1 saturated heterocycles. The monoisotopic (exact) mass is 146 g/mol. The zero-order chi connectivity index (χ0) is 7.56. The first-order valence-corrected chi connectivity index (χ1v) is 3.57. The molecule has 0 spiro atoms. The second kappa shape index (κ2) is 3.32. The molecule has 0 aliphatic carbocycles. The van der Waals surface area contributed by atoms with Crippen molar-refractivity contribution in [3.05, 3.63) is 0 Å². The van der Waals surface area contributed by atoms with Gasteiger partial charge in [0.25, 0.3) is 0 Å². The zero-order valence-electron chi connectivity index (χ0n) is 6.41. The predicted octanol–water partition coefficient (Wildman–Crippen LogP) is 0.171. The molecule has 1 fully saturated rings. The van der Waals surface area contributed by atoms with E-state index in [9.17, 15) is 0 Å². The highest BCUT2D eigenvalue weighted by Crippen LogP contribution is 2.21. The van der Waals surface area contributed by atoms with Gasteiger partial charge < -0.3 is 14.6 Å². The van der Waals surface area contributed by atoms with Crippen LogP contribution < -0.4 is 0 Å². The standard InChI is InChI=1S/C7H14O3/c1-5-7(9-2)3-6(4-8)10-5/h5-8H,3-4H2,1-2H3. The van der Waals surface area contributed by atoms with Crippen molar-refractivity contribution in [1.82, 2.24) is 0 Å². The Bertz CT molecular complexity index is 105. The molecule has 1 heterocycles. The number of methoxy groups -OCH3 is 1. The molecule has 1 N–H and O–H groups in total. The van der Waals surface area contributed by atoms with Gasteiger partial charge in [0.05, 0.1) is 24.9 Å². The molecule has 3 heteroatoms. The van der Waals surface area contributed by atoms with Crippen LogP contribution in [0.5, 0.6) is 0 Å². The molecule has 3 atom stereocenters. The molecule has 3 unspecified atom stereocenters.